The smallest absolute Gasteiger partial charge is 0.246 e. The lowest BCUT2D eigenvalue weighted by molar-refractivity contribution is -0.147. The first-order chi connectivity index (χ1) is 14.8. The molecule has 170 valence electrons. The van der Waals surface area contributed by atoms with E-state index in [2.05, 4.69) is 10.6 Å². The third-order valence-corrected chi connectivity index (χ3v) is 8.22. The van der Waals surface area contributed by atoms with Crippen LogP contribution in [0.2, 0.25) is 0 Å². The predicted molar refractivity (Wildman–Crippen MR) is 115 cm³/mol. The average Bonchev–Trinajstić information content (AvgIpc) is 3.49. The number of nitrogens with one attached hydrogen (secondary N) is 2. The zero-order chi connectivity index (χ0) is 22.0. The van der Waals surface area contributed by atoms with Crippen LogP contribution in [0.3, 0.4) is 0 Å². The van der Waals surface area contributed by atoms with Gasteiger partial charge in [0.2, 0.25) is 17.7 Å². The van der Waals surface area contributed by atoms with Crippen molar-refractivity contribution >= 4 is 17.7 Å². The predicted octanol–water partition coefficient (Wildman–Crippen LogP) is 2.05. The van der Waals surface area contributed by atoms with Gasteiger partial charge in [0.1, 0.15) is 11.6 Å². The van der Waals surface area contributed by atoms with Gasteiger partial charge < -0.3 is 20.3 Å². The Bertz CT molecular complexity index is 814. The SMILES string of the molecule is CC(C)N1C(=O)[C@H]2[C@@H](C(=O)NC3CCCC3)[C@@]3(C)C=C[C@@]2(O3)[C@@H]1C(=O)NC1CCCC1. The Morgan fingerprint density at radius 3 is 2.10 bits per heavy atom. The zero-order valence-electron chi connectivity index (χ0n) is 18.9. The molecule has 3 heterocycles. The summed E-state index contributed by atoms with van der Waals surface area (Å²) < 4.78 is 6.52. The Labute approximate surface area is 184 Å². The first-order valence-corrected chi connectivity index (χ1v) is 12.1. The molecule has 1 spiro atoms. The highest BCUT2D eigenvalue weighted by Gasteiger charge is 2.76. The number of likely N-dealkylation sites (tertiary alicyclic amines) is 1. The van der Waals surface area contributed by atoms with Gasteiger partial charge in [-0.3, -0.25) is 14.4 Å². The van der Waals surface area contributed by atoms with E-state index in [0.29, 0.717) is 0 Å². The number of hydrogen-bond donors (Lipinski definition) is 2. The lowest BCUT2D eigenvalue weighted by Gasteiger charge is -2.35. The normalized spacial score (nSPS) is 39.7. The van der Waals surface area contributed by atoms with Gasteiger partial charge in [-0.1, -0.05) is 37.8 Å². The number of fused-ring (bicyclic) bond motifs is 1. The highest BCUT2D eigenvalue weighted by atomic mass is 16.5. The van der Waals surface area contributed by atoms with Crippen LogP contribution < -0.4 is 10.6 Å². The average molecular weight is 430 g/mol. The van der Waals surface area contributed by atoms with Crippen LogP contribution in [-0.4, -0.2) is 58.0 Å². The van der Waals surface area contributed by atoms with Crippen molar-refractivity contribution in [3.63, 3.8) is 0 Å². The maximum atomic E-state index is 13.7. The Hall–Kier alpha value is -1.89. The molecule has 7 heteroatoms. The number of rotatable bonds is 5. The molecule has 4 fully saturated rings. The fourth-order valence-corrected chi connectivity index (χ4v) is 6.84. The fraction of sp³-hybridized carbons (Fsp3) is 0.792. The molecule has 2 saturated heterocycles. The second-order valence-corrected chi connectivity index (χ2v) is 10.6. The second-order valence-electron chi connectivity index (χ2n) is 10.6. The van der Waals surface area contributed by atoms with Crippen molar-refractivity contribution in [2.75, 3.05) is 0 Å². The van der Waals surface area contributed by atoms with Gasteiger partial charge in [0.05, 0.1) is 17.4 Å². The van der Waals surface area contributed by atoms with Crippen LogP contribution >= 0.6 is 0 Å². The maximum absolute atomic E-state index is 13.7. The molecular weight excluding hydrogens is 394 g/mol. The quantitative estimate of drug-likeness (QED) is 0.655. The van der Waals surface area contributed by atoms with Gasteiger partial charge in [0.25, 0.3) is 0 Å². The molecule has 5 rings (SSSR count). The summed E-state index contributed by atoms with van der Waals surface area (Å²) in [4.78, 5) is 42.3. The van der Waals surface area contributed by atoms with Crippen LogP contribution in [0.4, 0.5) is 0 Å². The van der Waals surface area contributed by atoms with Crippen LogP contribution in [0.15, 0.2) is 12.2 Å². The van der Waals surface area contributed by atoms with E-state index in [9.17, 15) is 14.4 Å². The minimum Gasteiger partial charge on any atom is -0.356 e. The van der Waals surface area contributed by atoms with E-state index in [0.717, 1.165) is 51.4 Å². The first kappa shape index (κ1) is 21.0. The molecule has 0 radical (unpaired) electrons. The van der Waals surface area contributed by atoms with E-state index in [-0.39, 0.29) is 35.8 Å². The molecule has 2 bridgehead atoms. The fourth-order valence-electron chi connectivity index (χ4n) is 6.84. The third kappa shape index (κ3) is 3.06. The van der Waals surface area contributed by atoms with Gasteiger partial charge in [0.15, 0.2) is 0 Å². The molecule has 5 atom stereocenters. The lowest BCUT2D eigenvalue weighted by atomic mass is 9.70. The number of nitrogens with zero attached hydrogens (tertiary/aromatic N) is 1. The first-order valence-electron chi connectivity index (χ1n) is 12.1. The van der Waals surface area contributed by atoms with Crippen molar-refractivity contribution in [3.8, 4) is 0 Å². The van der Waals surface area contributed by atoms with Gasteiger partial charge in [-0.2, -0.15) is 0 Å². The summed E-state index contributed by atoms with van der Waals surface area (Å²) in [6.07, 6.45) is 12.2. The van der Waals surface area contributed by atoms with Gasteiger partial charge in [0, 0.05) is 18.1 Å². The van der Waals surface area contributed by atoms with Crippen LogP contribution in [0.1, 0.15) is 72.1 Å². The Balaban J connectivity index is 1.47. The molecule has 2 N–H and O–H groups in total. The van der Waals surface area contributed by atoms with Crippen molar-refractivity contribution in [3.05, 3.63) is 12.2 Å². The third-order valence-electron chi connectivity index (χ3n) is 8.22. The van der Waals surface area contributed by atoms with Crippen LogP contribution in [0.5, 0.6) is 0 Å². The second kappa shape index (κ2) is 7.32. The molecule has 3 amide bonds. The van der Waals surface area contributed by atoms with E-state index in [1.807, 2.05) is 32.9 Å². The highest BCUT2D eigenvalue weighted by molar-refractivity contribution is 6.00. The Kier molecular flexibility index (Phi) is 4.96. The summed E-state index contributed by atoms with van der Waals surface area (Å²) in [6.45, 7) is 5.74. The summed E-state index contributed by atoms with van der Waals surface area (Å²) >= 11 is 0. The van der Waals surface area contributed by atoms with Crippen LogP contribution in [0.25, 0.3) is 0 Å². The summed E-state index contributed by atoms with van der Waals surface area (Å²) in [5, 5.41) is 6.37. The van der Waals surface area contributed by atoms with E-state index in [1.54, 1.807) is 4.90 Å². The summed E-state index contributed by atoms with van der Waals surface area (Å²) in [5.41, 5.74) is -1.94. The van der Waals surface area contributed by atoms with Crippen molar-refractivity contribution in [1.82, 2.24) is 15.5 Å². The van der Waals surface area contributed by atoms with Crippen molar-refractivity contribution in [2.24, 2.45) is 11.8 Å². The Morgan fingerprint density at radius 2 is 1.55 bits per heavy atom. The maximum Gasteiger partial charge on any atom is 0.246 e. The molecule has 31 heavy (non-hydrogen) atoms. The standard InChI is InChI=1S/C24H35N3O4/c1-14(2)27-19(21(29)26-16-10-6-7-11-16)24-13-12-23(3,31-24)17(18(24)22(27)30)20(28)25-15-8-4-5-9-15/h12-19H,4-11H2,1-3H3,(H,25,28)(H,26,29)/t17-,18+,19-,23+,24-/m0/s1. The van der Waals surface area contributed by atoms with E-state index < -0.39 is 29.1 Å². The number of carbonyl (C=O) groups excluding carboxylic acids is 3. The van der Waals surface area contributed by atoms with Gasteiger partial charge >= 0.3 is 0 Å². The highest BCUT2D eigenvalue weighted by Crippen LogP contribution is 2.60. The minimum absolute atomic E-state index is 0.112. The summed E-state index contributed by atoms with van der Waals surface area (Å²) in [5.74, 6) is -1.68. The number of amides is 3. The number of ether oxygens (including phenoxy) is 1. The van der Waals surface area contributed by atoms with Crippen LogP contribution in [-0.2, 0) is 19.1 Å². The van der Waals surface area contributed by atoms with Crippen molar-refractivity contribution in [2.45, 2.75) is 108 Å². The summed E-state index contributed by atoms with van der Waals surface area (Å²) in [6, 6.07) is -0.567. The number of hydrogen-bond acceptors (Lipinski definition) is 4. The number of carbonyl (C=O) groups is 3. The summed E-state index contributed by atoms with van der Waals surface area (Å²) in [7, 11) is 0. The van der Waals surface area contributed by atoms with Gasteiger partial charge in [-0.25, -0.2) is 0 Å². The largest absolute Gasteiger partial charge is 0.356 e. The molecule has 5 aliphatic rings. The zero-order valence-corrected chi connectivity index (χ0v) is 18.9. The molecule has 3 aliphatic heterocycles. The van der Waals surface area contributed by atoms with E-state index in [4.69, 9.17) is 4.74 Å². The molecular formula is C24H35N3O4. The monoisotopic (exact) mass is 429 g/mol. The Morgan fingerprint density at radius 1 is 1.00 bits per heavy atom. The molecule has 7 nitrogen and oxygen atoms in total. The molecule has 2 saturated carbocycles. The minimum atomic E-state index is -1.07. The van der Waals surface area contributed by atoms with Gasteiger partial charge in [-0.15, -0.1) is 0 Å². The molecule has 0 aromatic heterocycles. The van der Waals surface area contributed by atoms with Gasteiger partial charge in [-0.05, 0) is 46.5 Å². The van der Waals surface area contributed by atoms with Crippen molar-refractivity contribution < 1.29 is 19.1 Å². The molecule has 2 aliphatic carbocycles. The lowest BCUT2D eigenvalue weighted by Crippen LogP contribution is -2.57. The molecule has 0 aromatic carbocycles. The van der Waals surface area contributed by atoms with Crippen LogP contribution in [0, 0.1) is 11.8 Å². The van der Waals surface area contributed by atoms with E-state index in [1.165, 1.54) is 0 Å². The van der Waals surface area contributed by atoms with E-state index >= 15 is 0 Å². The topological polar surface area (TPSA) is 87.7 Å². The molecule has 0 aromatic rings. The molecule has 0 unspecified atom stereocenters. The van der Waals surface area contributed by atoms with Crippen molar-refractivity contribution in [1.29, 1.82) is 0 Å².